The van der Waals surface area contributed by atoms with E-state index in [1.54, 1.807) is 0 Å². The number of aldehydes is 1. The van der Waals surface area contributed by atoms with E-state index in [2.05, 4.69) is 31.3 Å². The summed E-state index contributed by atoms with van der Waals surface area (Å²) in [5.41, 5.74) is 3.48. The second kappa shape index (κ2) is 7.34. The maximum atomic E-state index is 12.4. The molecule has 1 aromatic carbocycles. The van der Waals surface area contributed by atoms with E-state index in [0.29, 0.717) is 12.0 Å². The minimum Gasteiger partial charge on any atom is -0.333 e. The molecule has 7 heteroatoms. The molecule has 3 rings (SSSR count). The lowest BCUT2D eigenvalue weighted by molar-refractivity contribution is -0.156. The van der Waals surface area contributed by atoms with Gasteiger partial charge in [0.2, 0.25) is 6.29 Å². The second-order valence-electron chi connectivity index (χ2n) is 6.29. The Labute approximate surface area is 139 Å². The van der Waals surface area contributed by atoms with Gasteiger partial charge >= 0.3 is 6.18 Å². The number of carbonyl (C=O) groups excluding carboxylic acids is 2. The first-order valence-electron chi connectivity index (χ1n) is 7.90. The molecule has 1 fully saturated rings. The number of amides is 1. The van der Waals surface area contributed by atoms with E-state index in [0.717, 1.165) is 31.6 Å². The van der Waals surface area contributed by atoms with Crippen LogP contribution in [0.2, 0.25) is 0 Å². The normalized spacial score (nSPS) is 20.0. The number of halogens is 3. The highest BCUT2D eigenvalue weighted by molar-refractivity contribution is 5.97. The van der Waals surface area contributed by atoms with Gasteiger partial charge in [0.25, 0.3) is 5.91 Å². The van der Waals surface area contributed by atoms with Crippen molar-refractivity contribution in [1.82, 2.24) is 10.2 Å². The zero-order valence-electron chi connectivity index (χ0n) is 13.7. The Morgan fingerprint density at radius 1 is 1.33 bits per heavy atom. The summed E-state index contributed by atoms with van der Waals surface area (Å²) in [6.07, 6.45) is -4.71. The number of rotatable bonds is 1. The largest absolute Gasteiger partial charge is 0.446 e. The van der Waals surface area contributed by atoms with Gasteiger partial charge in [0.15, 0.2) is 0 Å². The third-order valence-electron chi connectivity index (χ3n) is 4.23. The summed E-state index contributed by atoms with van der Waals surface area (Å²) < 4.78 is 31.2. The van der Waals surface area contributed by atoms with Crippen LogP contribution in [0.15, 0.2) is 18.2 Å². The van der Waals surface area contributed by atoms with Gasteiger partial charge in [0.1, 0.15) is 0 Å². The van der Waals surface area contributed by atoms with Crippen LogP contribution >= 0.6 is 0 Å². The zero-order chi connectivity index (χ0) is 17.9. The van der Waals surface area contributed by atoms with Crippen molar-refractivity contribution >= 4 is 12.2 Å². The summed E-state index contributed by atoms with van der Waals surface area (Å²) in [7, 11) is 0. The van der Waals surface area contributed by atoms with E-state index in [-0.39, 0.29) is 5.91 Å². The fourth-order valence-electron chi connectivity index (χ4n) is 2.97. The van der Waals surface area contributed by atoms with E-state index in [1.165, 1.54) is 11.1 Å². The molecule has 1 saturated heterocycles. The Balaban J connectivity index is 0.000000301. The van der Waals surface area contributed by atoms with Gasteiger partial charge in [-0.15, -0.1) is 0 Å². The summed E-state index contributed by atoms with van der Waals surface area (Å²) in [4.78, 5) is 23.2. The first-order valence-corrected chi connectivity index (χ1v) is 7.90. The number of hydrogen-bond donors (Lipinski definition) is 1. The van der Waals surface area contributed by atoms with Crippen molar-refractivity contribution in [3.8, 4) is 0 Å². The Morgan fingerprint density at radius 3 is 2.58 bits per heavy atom. The second-order valence-corrected chi connectivity index (χ2v) is 6.29. The van der Waals surface area contributed by atoms with Crippen molar-refractivity contribution < 1.29 is 22.8 Å². The maximum Gasteiger partial charge on any atom is 0.446 e. The quantitative estimate of drug-likeness (QED) is 0.798. The molecule has 1 amide bonds. The standard InChI is InChI=1S/C15H20N2O.C2HF3O/c1-10(2)11-3-4-14-12(7-11)8-13-9-16-5-6-17(13)15(14)18;3-2(4,5)1-6/h3-4,7,10,13,16H,5-6,8-9H2,1-2H3;1H/t13-;/m1./s1. The molecular weight excluding hydrogens is 321 g/mol. The van der Waals surface area contributed by atoms with Crippen LogP contribution in [0.1, 0.15) is 41.3 Å². The Kier molecular flexibility index (Phi) is 5.64. The van der Waals surface area contributed by atoms with Gasteiger partial charge in [-0.3, -0.25) is 9.59 Å². The van der Waals surface area contributed by atoms with Crippen molar-refractivity contribution in [1.29, 1.82) is 0 Å². The number of alkyl halides is 3. The predicted molar refractivity (Wildman–Crippen MR) is 84.0 cm³/mol. The number of carbonyl (C=O) groups is 2. The Morgan fingerprint density at radius 2 is 2.00 bits per heavy atom. The number of fused-ring (bicyclic) bond motifs is 2. The summed E-state index contributed by atoms with van der Waals surface area (Å²) in [5.74, 6) is 0.742. The zero-order valence-corrected chi connectivity index (χ0v) is 13.7. The molecule has 0 spiro atoms. The monoisotopic (exact) mass is 342 g/mol. The molecule has 0 radical (unpaired) electrons. The van der Waals surface area contributed by atoms with Crippen molar-refractivity contribution in [2.75, 3.05) is 19.6 Å². The van der Waals surface area contributed by atoms with Gasteiger partial charge in [0.05, 0.1) is 0 Å². The molecule has 0 aliphatic carbocycles. The molecule has 2 aliphatic heterocycles. The number of nitrogens with zero attached hydrogens (tertiary/aromatic N) is 1. The van der Waals surface area contributed by atoms with Crippen LogP contribution in [0.4, 0.5) is 13.2 Å². The Hall–Kier alpha value is -1.89. The molecule has 1 N–H and O–H groups in total. The minimum atomic E-state index is -4.64. The highest BCUT2D eigenvalue weighted by Crippen LogP contribution is 2.27. The van der Waals surface area contributed by atoms with Crippen LogP contribution in [0.25, 0.3) is 0 Å². The molecule has 0 bridgehead atoms. The fourth-order valence-corrected chi connectivity index (χ4v) is 2.97. The van der Waals surface area contributed by atoms with Crippen LogP contribution in [0.3, 0.4) is 0 Å². The van der Waals surface area contributed by atoms with E-state index < -0.39 is 12.5 Å². The van der Waals surface area contributed by atoms with Crippen molar-refractivity contribution in [3.05, 3.63) is 34.9 Å². The van der Waals surface area contributed by atoms with Gasteiger partial charge in [-0.25, -0.2) is 0 Å². The third-order valence-corrected chi connectivity index (χ3v) is 4.23. The lowest BCUT2D eigenvalue weighted by atomic mass is 9.89. The molecule has 2 heterocycles. The number of piperazine rings is 1. The van der Waals surface area contributed by atoms with Gasteiger partial charge < -0.3 is 10.2 Å². The summed E-state index contributed by atoms with van der Waals surface area (Å²) in [5, 5.41) is 3.38. The maximum absolute atomic E-state index is 12.4. The molecule has 0 saturated carbocycles. The molecule has 4 nitrogen and oxygen atoms in total. The van der Waals surface area contributed by atoms with Gasteiger partial charge in [0, 0.05) is 31.2 Å². The lowest BCUT2D eigenvalue weighted by Gasteiger charge is -2.40. The van der Waals surface area contributed by atoms with Gasteiger partial charge in [-0.1, -0.05) is 26.0 Å². The molecule has 1 atom stereocenters. The minimum absolute atomic E-state index is 0.220. The third kappa shape index (κ3) is 4.35. The molecule has 132 valence electrons. The summed E-state index contributed by atoms with van der Waals surface area (Å²) >= 11 is 0. The van der Waals surface area contributed by atoms with Crippen molar-refractivity contribution in [2.45, 2.75) is 38.4 Å². The van der Waals surface area contributed by atoms with E-state index >= 15 is 0 Å². The number of nitrogens with one attached hydrogen (secondary N) is 1. The fraction of sp³-hybridized carbons (Fsp3) is 0.529. The van der Waals surface area contributed by atoms with E-state index in [4.69, 9.17) is 4.79 Å². The highest BCUT2D eigenvalue weighted by atomic mass is 19.4. The van der Waals surface area contributed by atoms with Crippen LogP contribution in [0, 0.1) is 0 Å². The van der Waals surface area contributed by atoms with Crippen LogP contribution in [-0.4, -0.2) is 48.9 Å². The van der Waals surface area contributed by atoms with Crippen LogP contribution in [0.5, 0.6) is 0 Å². The molecule has 1 aromatic rings. The SMILES string of the molecule is CC(C)c1ccc2c(c1)C[C@@H]1CNCCN1C2=O.O=CC(F)(F)F. The van der Waals surface area contributed by atoms with Crippen molar-refractivity contribution in [3.63, 3.8) is 0 Å². The first kappa shape index (κ1) is 18.4. The van der Waals surface area contributed by atoms with Crippen LogP contribution < -0.4 is 5.32 Å². The lowest BCUT2D eigenvalue weighted by Crippen LogP contribution is -2.56. The topological polar surface area (TPSA) is 49.4 Å². The smallest absolute Gasteiger partial charge is 0.333 e. The van der Waals surface area contributed by atoms with Crippen molar-refractivity contribution in [2.24, 2.45) is 0 Å². The van der Waals surface area contributed by atoms with Crippen LogP contribution in [-0.2, 0) is 11.2 Å². The Bertz CT molecular complexity index is 614. The van der Waals surface area contributed by atoms with E-state index in [9.17, 15) is 18.0 Å². The highest BCUT2D eigenvalue weighted by Gasteiger charge is 2.33. The molecule has 0 aromatic heterocycles. The molecular formula is C17H21F3N2O2. The summed E-state index contributed by atoms with van der Waals surface area (Å²) in [6, 6.07) is 6.69. The molecule has 0 unspecified atom stereocenters. The molecule has 24 heavy (non-hydrogen) atoms. The molecule has 2 aliphatic rings. The average Bonchev–Trinajstić information content (AvgIpc) is 2.54. The summed E-state index contributed by atoms with van der Waals surface area (Å²) in [6.45, 7) is 7.08. The predicted octanol–water partition coefficient (Wildman–Crippen LogP) is 2.53. The first-order chi connectivity index (χ1) is 11.2. The van der Waals surface area contributed by atoms with Gasteiger partial charge in [-0.05, 0) is 29.5 Å². The average molecular weight is 342 g/mol. The van der Waals surface area contributed by atoms with Gasteiger partial charge in [-0.2, -0.15) is 13.2 Å². The van der Waals surface area contributed by atoms with E-state index in [1.807, 2.05) is 11.0 Å². The number of benzene rings is 1. The number of hydrogen-bond acceptors (Lipinski definition) is 3.